The van der Waals surface area contributed by atoms with Crippen molar-refractivity contribution in [1.82, 2.24) is 0 Å². The van der Waals surface area contributed by atoms with E-state index < -0.39 is 18.6 Å². The van der Waals surface area contributed by atoms with Crippen molar-refractivity contribution in [1.29, 1.82) is 5.26 Å². The lowest BCUT2D eigenvalue weighted by atomic mass is 9.83. The molecule has 184 valence electrons. The van der Waals surface area contributed by atoms with E-state index >= 15 is 4.39 Å². The summed E-state index contributed by atoms with van der Waals surface area (Å²) in [6.45, 7) is -0.671. The molecule has 0 bridgehead atoms. The smallest absolute Gasteiger partial charge is 0.219 e. The molecule has 0 aliphatic heterocycles. The lowest BCUT2D eigenvalue weighted by molar-refractivity contribution is -0.661. The monoisotopic (exact) mass is 493 g/mol. The van der Waals surface area contributed by atoms with Crippen molar-refractivity contribution in [3.63, 3.8) is 0 Å². The van der Waals surface area contributed by atoms with E-state index in [4.69, 9.17) is 9.90 Å². The summed E-state index contributed by atoms with van der Waals surface area (Å²) < 4.78 is 55.3. The summed E-state index contributed by atoms with van der Waals surface area (Å²) >= 11 is 0. The van der Waals surface area contributed by atoms with Crippen molar-refractivity contribution in [2.75, 3.05) is 0 Å². The van der Waals surface area contributed by atoms with Crippen LogP contribution in [0.2, 0.25) is 0 Å². The Kier molecular flexibility index (Phi) is 4.75. The van der Waals surface area contributed by atoms with E-state index in [0.717, 1.165) is 53.1 Å². The van der Waals surface area contributed by atoms with Gasteiger partial charge in [-0.2, -0.15) is 5.26 Å². The number of nitrogens with zero attached hydrogens (tertiary/aromatic N) is 2. The van der Waals surface area contributed by atoms with Gasteiger partial charge in [-0.3, -0.25) is 0 Å². The predicted octanol–water partition coefficient (Wildman–Crippen LogP) is 8.42. The van der Waals surface area contributed by atoms with Gasteiger partial charge in [0.15, 0.2) is 6.20 Å². The molecule has 1 saturated carbocycles. The summed E-state index contributed by atoms with van der Waals surface area (Å²) in [6.07, 6.45) is 6.30. The van der Waals surface area contributed by atoms with Crippen LogP contribution in [0.15, 0.2) is 65.2 Å². The van der Waals surface area contributed by atoms with Crippen molar-refractivity contribution < 1.29 is 18.9 Å². The number of aryl methyl sites for hydroxylation is 3. The summed E-state index contributed by atoms with van der Waals surface area (Å²) in [5.74, 6) is -1.38. The highest BCUT2D eigenvalue weighted by Crippen LogP contribution is 2.42. The van der Waals surface area contributed by atoms with E-state index in [1.807, 2.05) is 49.4 Å². The number of benzene rings is 3. The molecule has 0 amide bonds. The third-order valence-electron chi connectivity index (χ3n) is 7.66. The average Bonchev–Trinajstić information content (AvgIpc) is 3.32. The third kappa shape index (κ3) is 3.90. The number of halogens is 1. The Morgan fingerprint density at radius 2 is 1.68 bits per heavy atom. The number of pyridine rings is 1. The summed E-state index contributed by atoms with van der Waals surface area (Å²) in [4.78, 5) is 0. The highest BCUT2D eigenvalue weighted by Gasteiger charge is 2.24. The summed E-state index contributed by atoms with van der Waals surface area (Å²) in [6, 6.07) is 19.1. The van der Waals surface area contributed by atoms with Gasteiger partial charge in [-0.25, -0.2) is 8.96 Å². The molecule has 2 heterocycles. The molecule has 0 saturated heterocycles. The Hall–Kier alpha value is -3.97. The largest absolute Gasteiger partial charge is 0.454 e. The van der Waals surface area contributed by atoms with Crippen LogP contribution in [0.1, 0.15) is 65.7 Å². The Bertz CT molecular complexity index is 1860. The van der Waals surface area contributed by atoms with Gasteiger partial charge in [0.1, 0.15) is 24.0 Å². The minimum absolute atomic E-state index is 0.342. The van der Waals surface area contributed by atoms with E-state index in [-0.39, 0.29) is 5.56 Å². The van der Waals surface area contributed by atoms with Crippen LogP contribution in [0.3, 0.4) is 0 Å². The van der Waals surface area contributed by atoms with Gasteiger partial charge in [-0.05, 0) is 61.3 Å². The fourth-order valence-corrected chi connectivity index (χ4v) is 5.71. The molecule has 0 unspecified atom stereocenters. The minimum Gasteiger partial charge on any atom is -0.454 e. The van der Waals surface area contributed by atoms with E-state index in [1.54, 1.807) is 17.7 Å². The number of furan rings is 1. The fraction of sp³-hybridized carbons (Fsp3) is 0.273. The number of hydrogen-bond acceptors (Lipinski definition) is 2. The molecule has 1 fully saturated rings. The zero-order chi connectivity index (χ0) is 29.1. The predicted molar refractivity (Wildman–Crippen MR) is 146 cm³/mol. The summed E-state index contributed by atoms with van der Waals surface area (Å²) in [7, 11) is 1.69. The van der Waals surface area contributed by atoms with E-state index in [1.165, 1.54) is 18.7 Å². The van der Waals surface area contributed by atoms with Crippen LogP contribution in [-0.4, -0.2) is 0 Å². The average molecular weight is 494 g/mol. The van der Waals surface area contributed by atoms with Crippen LogP contribution in [0, 0.1) is 30.9 Å². The lowest BCUT2D eigenvalue weighted by Crippen LogP contribution is -2.31. The first-order valence-electron chi connectivity index (χ1n) is 14.7. The van der Waals surface area contributed by atoms with Crippen LogP contribution < -0.4 is 4.57 Å². The minimum atomic E-state index is -2.57. The molecule has 6 rings (SSSR count). The van der Waals surface area contributed by atoms with Gasteiger partial charge in [0.25, 0.3) is 0 Å². The van der Waals surface area contributed by atoms with Crippen LogP contribution in [0.5, 0.6) is 0 Å². The Morgan fingerprint density at radius 3 is 2.38 bits per heavy atom. The Morgan fingerprint density at radius 1 is 0.973 bits per heavy atom. The van der Waals surface area contributed by atoms with Crippen molar-refractivity contribution >= 4 is 21.9 Å². The normalized spacial score (nSPS) is 17.1. The third-order valence-corrected chi connectivity index (χ3v) is 7.66. The van der Waals surface area contributed by atoms with Gasteiger partial charge < -0.3 is 4.42 Å². The van der Waals surface area contributed by atoms with Crippen molar-refractivity contribution in [2.24, 2.45) is 7.05 Å². The molecule has 0 radical (unpaired) electrons. The maximum atomic E-state index is 15.1. The Labute approximate surface area is 222 Å². The molecule has 4 heteroatoms. The highest BCUT2D eigenvalue weighted by atomic mass is 19.1. The Balaban J connectivity index is 1.56. The van der Waals surface area contributed by atoms with Gasteiger partial charge in [-0.1, -0.05) is 55.7 Å². The fourth-order valence-electron chi connectivity index (χ4n) is 5.71. The number of aromatic nitrogens is 1. The first-order chi connectivity index (χ1) is 19.5. The van der Waals surface area contributed by atoms with E-state index in [2.05, 4.69) is 6.07 Å². The summed E-state index contributed by atoms with van der Waals surface area (Å²) in [5.41, 5.74) is 5.69. The molecule has 1 aliphatic rings. The SMILES string of the molecule is [2H]C([2H])([2H])c1c[n+](C)c(-c2c(C)ccc3c2oc2c(-c4ccc(C5([2H])CCCCC5)cc4)c(C#N)ccc23)cc1F. The highest BCUT2D eigenvalue weighted by molar-refractivity contribution is 6.14. The molecule has 0 spiro atoms. The molecule has 37 heavy (non-hydrogen) atoms. The molecule has 5 aromatic rings. The van der Waals surface area contributed by atoms with Gasteiger partial charge in [-0.15, -0.1) is 0 Å². The zero-order valence-electron chi connectivity index (χ0n) is 25.0. The van der Waals surface area contributed by atoms with Gasteiger partial charge in [0.2, 0.25) is 5.69 Å². The first-order valence-corrected chi connectivity index (χ1v) is 12.7. The maximum Gasteiger partial charge on any atom is 0.219 e. The number of rotatable bonds is 3. The van der Waals surface area contributed by atoms with E-state index in [9.17, 15) is 5.26 Å². The van der Waals surface area contributed by atoms with E-state index in [0.29, 0.717) is 33.6 Å². The van der Waals surface area contributed by atoms with Gasteiger partial charge in [0.05, 0.1) is 17.2 Å². The standard InChI is InChI=1S/C33H30FN2O/c1-20-9-15-26-27-16-14-25(18-35)31(24-12-10-23(11-13-24)22-7-5-4-6-8-22)33(27)37-32(26)30(20)29-17-28(34)21(2)19-36(29)3/h9-17,19,22H,4-8H2,1-3H3/q+1/i2D3,22D. The molecular weight excluding hydrogens is 459 g/mol. The van der Waals surface area contributed by atoms with Crippen LogP contribution in [0.4, 0.5) is 4.39 Å². The molecule has 0 atom stereocenters. The second kappa shape index (κ2) is 9.16. The molecule has 3 aromatic carbocycles. The molecular formula is C33H30FN2O+. The molecule has 3 nitrogen and oxygen atoms in total. The number of nitriles is 1. The van der Waals surface area contributed by atoms with Crippen molar-refractivity contribution in [3.05, 3.63) is 88.9 Å². The van der Waals surface area contributed by atoms with Gasteiger partial charge >= 0.3 is 0 Å². The maximum absolute atomic E-state index is 15.1. The second-order valence-corrected chi connectivity index (χ2v) is 9.99. The van der Waals surface area contributed by atoms with Crippen molar-refractivity contribution in [2.45, 2.75) is 51.8 Å². The van der Waals surface area contributed by atoms with Crippen LogP contribution in [0.25, 0.3) is 44.3 Å². The van der Waals surface area contributed by atoms with Crippen LogP contribution >= 0.6 is 0 Å². The molecule has 2 aromatic heterocycles. The molecule has 0 N–H and O–H groups in total. The number of hydrogen-bond donors (Lipinski definition) is 0. The first kappa shape index (κ1) is 19.2. The van der Waals surface area contributed by atoms with Crippen molar-refractivity contribution in [3.8, 4) is 28.5 Å². The zero-order valence-corrected chi connectivity index (χ0v) is 21.0. The number of fused-ring (bicyclic) bond motifs is 3. The lowest BCUT2D eigenvalue weighted by Gasteiger charge is -2.22. The summed E-state index contributed by atoms with van der Waals surface area (Å²) in [5, 5.41) is 11.7. The van der Waals surface area contributed by atoms with Gasteiger partial charge in [0, 0.05) is 33.4 Å². The quantitative estimate of drug-likeness (QED) is 0.237. The van der Waals surface area contributed by atoms with Crippen LogP contribution in [-0.2, 0) is 7.05 Å². The molecule has 1 aliphatic carbocycles. The topological polar surface area (TPSA) is 40.8 Å². The second-order valence-electron chi connectivity index (χ2n) is 9.99.